The molecular weight excluding hydrogens is 300 g/mol. The first-order chi connectivity index (χ1) is 9.41. The number of anilines is 1. The molecule has 0 saturated carbocycles. The molecule has 5 nitrogen and oxygen atoms in total. The Morgan fingerprint density at radius 2 is 2.05 bits per heavy atom. The molecule has 1 unspecified atom stereocenters. The number of nitrogens with zero attached hydrogens (tertiary/aromatic N) is 1. The third kappa shape index (κ3) is 3.64. The highest BCUT2D eigenvalue weighted by molar-refractivity contribution is 7.91. The fourth-order valence-electron chi connectivity index (χ4n) is 2.32. The van der Waals surface area contributed by atoms with E-state index in [-0.39, 0.29) is 23.6 Å². The van der Waals surface area contributed by atoms with E-state index in [1.807, 2.05) is 6.92 Å². The summed E-state index contributed by atoms with van der Waals surface area (Å²) >= 11 is 5.78. The zero-order valence-corrected chi connectivity index (χ0v) is 12.7. The number of carbonyl (C=O) groups is 1. The summed E-state index contributed by atoms with van der Waals surface area (Å²) < 4.78 is 23.0. The van der Waals surface area contributed by atoms with Crippen molar-refractivity contribution in [3.05, 3.63) is 29.3 Å². The molecule has 1 saturated heterocycles. The van der Waals surface area contributed by atoms with E-state index in [2.05, 4.69) is 5.32 Å². The molecule has 7 heteroatoms. The van der Waals surface area contributed by atoms with E-state index in [0.29, 0.717) is 23.7 Å². The van der Waals surface area contributed by atoms with Gasteiger partial charge in [-0.1, -0.05) is 11.6 Å². The van der Waals surface area contributed by atoms with Crippen molar-refractivity contribution in [2.24, 2.45) is 0 Å². The average Bonchev–Trinajstić information content (AvgIpc) is 2.73. The van der Waals surface area contributed by atoms with Gasteiger partial charge in [0.1, 0.15) is 0 Å². The van der Waals surface area contributed by atoms with Gasteiger partial charge < -0.3 is 10.2 Å². The zero-order valence-electron chi connectivity index (χ0n) is 11.2. The molecule has 1 aliphatic rings. The molecule has 1 aromatic rings. The summed E-state index contributed by atoms with van der Waals surface area (Å²) in [6.07, 6.45) is 0.504. The van der Waals surface area contributed by atoms with E-state index in [0.717, 1.165) is 0 Å². The second kappa shape index (κ2) is 6.01. The third-order valence-electron chi connectivity index (χ3n) is 3.35. The topological polar surface area (TPSA) is 66.5 Å². The molecule has 2 rings (SSSR count). The number of benzene rings is 1. The van der Waals surface area contributed by atoms with Crippen LogP contribution in [0, 0.1) is 0 Å². The zero-order chi connectivity index (χ0) is 14.8. The van der Waals surface area contributed by atoms with Crippen LogP contribution in [-0.4, -0.2) is 43.4 Å². The minimum atomic E-state index is -3.00. The minimum absolute atomic E-state index is 0.0505. The lowest BCUT2D eigenvalue weighted by molar-refractivity contribution is 0.197. The summed E-state index contributed by atoms with van der Waals surface area (Å²) in [5.74, 6) is 0.206. The van der Waals surface area contributed by atoms with Gasteiger partial charge in [0, 0.05) is 23.3 Å². The summed E-state index contributed by atoms with van der Waals surface area (Å²) in [4.78, 5) is 13.8. The maximum absolute atomic E-state index is 12.2. The van der Waals surface area contributed by atoms with Gasteiger partial charge in [-0.25, -0.2) is 13.2 Å². The number of nitrogens with one attached hydrogen (secondary N) is 1. The van der Waals surface area contributed by atoms with Crippen LogP contribution >= 0.6 is 11.6 Å². The van der Waals surface area contributed by atoms with E-state index < -0.39 is 9.84 Å². The molecule has 0 aromatic heterocycles. The van der Waals surface area contributed by atoms with Crippen LogP contribution in [0.1, 0.15) is 13.3 Å². The minimum Gasteiger partial charge on any atom is -0.321 e. The lowest BCUT2D eigenvalue weighted by Gasteiger charge is -2.27. The van der Waals surface area contributed by atoms with Crippen LogP contribution in [0.2, 0.25) is 5.02 Å². The molecule has 0 radical (unpaired) electrons. The third-order valence-corrected chi connectivity index (χ3v) is 5.35. The number of halogens is 1. The number of urea groups is 1. The maximum Gasteiger partial charge on any atom is 0.322 e. The number of hydrogen-bond donors (Lipinski definition) is 1. The van der Waals surface area contributed by atoms with Gasteiger partial charge in [0.25, 0.3) is 0 Å². The van der Waals surface area contributed by atoms with Gasteiger partial charge in [-0.2, -0.15) is 0 Å². The molecule has 1 aliphatic heterocycles. The van der Waals surface area contributed by atoms with Crippen LogP contribution in [-0.2, 0) is 9.84 Å². The Morgan fingerprint density at radius 1 is 1.40 bits per heavy atom. The van der Waals surface area contributed by atoms with Crippen LogP contribution in [0.4, 0.5) is 10.5 Å². The number of carbonyl (C=O) groups excluding carboxylic acids is 1. The highest BCUT2D eigenvalue weighted by atomic mass is 35.5. The maximum atomic E-state index is 12.2. The first-order valence-electron chi connectivity index (χ1n) is 6.45. The molecule has 1 atom stereocenters. The monoisotopic (exact) mass is 316 g/mol. The molecule has 1 heterocycles. The van der Waals surface area contributed by atoms with Gasteiger partial charge >= 0.3 is 6.03 Å². The van der Waals surface area contributed by atoms with Crippen LogP contribution in [0.5, 0.6) is 0 Å². The van der Waals surface area contributed by atoms with Gasteiger partial charge in [0.05, 0.1) is 11.5 Å². The van der Waals surface area contributed by atoms with Gasteiger partial charge in [0.2, 0.25) is 0 Å². The predicted molar refractivity (Wildman–Crippen MR) is 79.9 cm³/mol. The predicted octanol–water partition coefficient (Wildman–Crippen LogP) is 2.38. The van der Waals surface area contributed by atoms with E-state index in [4.69, 9.17) is 11.6 Å². The SMILES string of the molecule is CCN(C(=O)Nc1ccc(Cl)cc1)C1CCS(=O)(=O)C1. The van der Waals surface area contributed by atoms with Crippen molar-refractivity contribution >= 4 is 33.2 Å². The molecule has 0 bridgehead atoms. The van der Waals surface area contributed by atoms with Crippen LogP contribution in [0.25, 0.3) is 0 Å². The lowest BCUT2D eigenvalue weighted by atomic mass is 10.2. The van der Waals surface area contributed by atoms with Crippen molar-refractivity contribution in [2.45, 2.75) is 19.4 Å². The normalized spacial score (nSPS) is 20.6. The first kappa shape index (κ1) is 15.1. The Hall–Kier alpha value is -1.27. The highest BCUT2D eigenvalue weighted by Gasteiger charge is 2.33. The number of sulfone groups is 1. The second-order valence-corrected chi connectivity index (χ2v) is 7.45. The highest BCUT2D eigenvalue weighted by Crippen LogP contribution is 2.19. The largest absolute Gasteiger partial charge is 0.322 e. The number of amides is 2. The van der Waals surface area contributed by atoms with Gasteiger partial charge in [0.15, 0.2) is 9.84 Å². The van der Waals surface area contributed by atoms with Crippen molar-refractivity contribution in [1.29, 1.82) is 0 Å². The summed E-state index contributed by atoms with van der Waals surface area (Å²) in [7, 11) is -3.00. The summed E-state index contributed by atoms with van der Waals surface area (Å²) in [5, 5.41) is 3.35. The Balaban J connectivity index is 2.04. The van der Waals surface area contributed by atoms with Crippen molar-refractivity contribution < 1.29 is 13.2 Å². The number of hydrogen-bond acceptors (Lipinski definition) is 3. The lowest BCUT2D eigenvalue weighted by Crippen LogP contribution is -2.43. The fraction of sp³-hybridized carbons (Fsp3) is 0.462. The van der Waals surface area contributed by atoms with Crippen molar-refractivity contribution in [3.8, 4) is 0 Å². The Morgan fingerprint density at radius 3 is 2.55 bits per heavy atom. The molecule has 1 N–H and O–H groups in total. The van der Waals surface area contributed by atoms with E-state index in [1.54, 1.807) is 29.2 Å². The molecule has 110 valence electrons. The molecule has 2 amide bonds. The molecule has 0 spiro atoms. The quantitative estimate of drug-likeness (QED) is 0.931. The van der Waals surface area contributed by atoms with Crippen LogP contribution < -0.4 is 5.32 Å². The molecule has 20 heavy (non-hydrogen) atoms. The Kier molecular flexibility index (Phi) is 4.55. The Bertz CT molecular complexity index is 586. The summed E-state index contributed by atoms with van der Waals surface area (Å²) in [6.45, 7) is 2.31. The standard InChI is InChI=1S/C13H17ClN2O3S/c1-2-16(12-7-8-20(18,19)9-12)13(17)15-11-5-3-10(14)4-6-11/h3-6,12H,2,7-9H2,1H3,(H,15,17). The first-order valence-corrected chi connectivity index (χ1v) is 8.65. The average molecular weight is 317 g/mol. The van der Waals surface area contributed by atoms with Gasteiger partial charge in [-0.15, -0.1) is 0 Å². The molecule has 1 aromatic carbocycles. The van der Waals surface area contributed by atoms with Gasteiger partial charge in [-0.3, -0.25) is 0 Å². The summed E-state index contributed by atoms with van der Waals surface area (Å²) in [6, 6.07) is 6.27. The number of rotatable bonds is 3. The van der Waals surface area contributed by atoms with Crippen LogP contribution in [0.3, 0.4) is 0 Å². The molecule has 1 fully saturated rings. The van der Waals surface area contributed by atoms with E-state index in [9.17, 15) is 13.2 Å². The molecular formula is C13H17ClN2O3S. The smallest absolute Gasteiger partial charge is 0.321 e. The second-order valence-electron chi connectivity index (χ2n) is 4.78. The van der Waals surface area contributed by atoms with Crippen LogP contribution in [0.15, 0.2) is 24.3 Å². The van der Waals surface area contributed by atoms with Crippen molar-refractivity contribution in [1.82, 2.24) is 4.90 Å². The van der Waals surface area contributed by atoms with E-state index in [1.165, 1.54) is 0 Å². The fourth-order valence-corrected chi connectivity index (χ4v) is 4.17. The molecule has 0 aliphatic carbocycles. The van der Waals surface area contributed by atoms with Gasteiger partial charge in [-0.05, 0) is 37.6 Å². The Labute approximate surface area is 123 Å². The summed E-state index contributed by atoms with van der Waals surface area (Å²) in [5.41, 5.74) is 0.638. The van der Waals surface area contributed by atoms with Crippen molar-refractivity contribution in [2.75, 3.05) is 23.4 Å². The van der Waals surface area contributed by atoms with Crippen molar-refractivity contribution in [3.63, 3.8) is 0 Å². The van der Waals surface area contributed by atoms with E-state index >= 15 is 0 Å².